The molecule has 0 saturated carbocycles. The maximum absolute atomic E-state index is 11.0. The summed E-state index contributed by atoms with van der Waals surface area (Å²) in [6.45, 7) is -0.0371. The molecule has 2 aromatic rings. The van der Waals surface area contributed by atoms with Gasteiger partial charge in [-0.1, -0.05) is 0 Å². The first-order valence-corrected chi connectivity index (χ1v) is 7.20. The molecule has 0 atom stereocenters. The SMILES string of the molecule is COc1cc(CO)c([N+](=O)[O-])cc1OCCc1ccsc1. The zero-order valence-electron chi connectivity index (χ0n) is 11.4. The van der Waals surface area contributed by atoms with Crippen LogP contribution in [-0.4, -0.2) is 23.7 Å². The van der Waals surface area contributed by atoms with E-state index in [0.717, 1.165) is 5.56 Å². The molecule has 0 aliphatic heterocycles. The Labute approximate surface area is 125 Å². The standard InChI is InChI=1S/C14H15NO5S/c1-19-13-6-11(8-16)12(15(17)18)7-14(13)20-4-2-10-3-5-21-9-10/h3,5-7,9,16H,2,4,8H2,1H3. The van der Waals surface area contributed by atoms with E-state index in [1.807, 2.05) is 16.8 Å². The van der Waals surface area contributed by atoms with Crippen molar-refractivity contribution < 1.29 is 19.5 Å². The van der Waals surface area contributed by atoms with Crippen molar-refractivity contribution in [3.05, 3.63) is 50.2 Å². The van der Waals surface area contributed by atoms with Crippen molar-refractivity contribution >= 4 is 17.0 Å². The number of nitro benzene ring substituents is 1. The average Bonchev–Trinajstić information content (AvgIpc) is 2.99. The van der Waals surface area contributed by atoms with E-state index >= 15 is 0 Å². The largest absolute Gasteiger partial charge is 0.493 e. The number of methoxy groups -OCH3 is 1. The van der Waals surface area contributed by atoms with Crippen LogP contribution in [0.4, 0.5) is 5.69 Å². The van der Waals surface area contributed by atoms with Gasteiger partial charge in [0.15, 0.2) is 11.5 Å². The zero-order valence-corrected chi connectivity index (χ0v) is 12.3. The molecule has 2 rings (SSSR count). The van der Waals surface area contributed by atoms with E-state index < -0.39 is 11.5 Å². The molecule has 0 amide bonds. The normalized spacial score (nSPS) is 10.4. The summed E-state index contributed by atoms with van der Waals surface area (Å²) in [4.78, 5) is 10.4. The summed E-state index contributed by atoms with van der Waals surface area (Å²) < 4.78 is 10.7. The smallest absolute Gasteiger partial charge is 0.278 e. The lowest BCUT2D eigenvalue weighted by atomic mass is 10.1. The molecular formula is C14H15NO5S. The fourth-order valence-electron chi connectivity index (χ4n) is 1.87. The van der Waals surface area contributed by atoms with Gasteiger partial charge in [0.1, 0.15) is 0 Å². The molecule has 1 aromatic heterocycles. The van der Waals surface area contributed by atoms with Gasteiger partial charge in [0.2, 0.25) is 0 Å². The van der Waals surface area contributed by atoms with Crippen LogP contribution >= 0.6 is 11.3 Å². The molecule has 0 saturated heterocycles. The minimum atomic E-state index is -0.545. The highest BCUT2D eigenvalue weighted by molar-refractivity contribution is 7.07. The molecule has 0 aliphatic carbocycles. The van der Waals surface area contributed by atoms with Crippen LogP contribution in [0.5, 0.6) is 11.5 Å². The van der Waals surface area contributed by atoms with Crippen molar-refractivity contribution in [2.24, 2.45) is 0 Å². The van der Waals surface area contributed by atoms with E-state index in [-0.39, 0.29) is 11.3 Å². The summed E-state index contributed by atoms with van der Waals surface area (Å²) in [6.07, 6.45) is 0.711. The van der Waals surface area contributed by atoms with Gasteiger partial charge < -0.3 is 14.6 Å². The van der Waals surface area contributed by atoms with Crippen LogP contribution in [0, 0.1) is 10.1 Å². The lowest BCUT2D eigenvalue weighted by molar-refractivity contribution is -0.385. The van der Waals surface area contributed by atoms with Crippen molar-refractivity contribution in [1.82, 2.24) is 0 Å². The number of aliphatic hydroxyl groups excluding tert-OH is 1. The Morgan fingerprint density at radius 1 is 1.38 bits per heavy atom. The van der Waals surface area contributed by atoms with Gasteiger partial charge in [-0.15, -0.1) is 0 Å². The third-order valence-corrected chi connectivity index (χ3v) is 3.69. The molecule has 1 aromatic carbocycles. The summed E-state index contributed by atoms with van der Waals surface area (Å²) in [5, 5.41) is 24.2. The van der Waals surface area contributed by atoms with E-state index in [2.05, 4.69) is 0 Å². The van der Waals surface area contributed by atoms with E-state index in [9.17, 15) is 15.2 Å². The van der Waals surface area contributed by atoms with E-state index in [1.165, 1.54) is 19.2 Å². The number of nitro groups is 1. The molecule has 6 nitrogen and oxygen atoms in total. The Kier molecular flexibility index (Phi) is 5.13. The molecule has 0 radical (unpaired) electrons. The maximum atomic E-state index is 11.0. The van der Waals surface area contributed by atoms with Crippen LogP contribution in [0.2, 0.25) is 0 Å². The van der Waals surface area contributed by atoms with Gasteiger partial charge in [-0.25, -0.2) is 0 Å². The van der Waals surface area contributed by atoms with Crippen molar-refractivity contribution in [3.8, 4) is 11.5 Å². The highest BCUT2D eigenvalue weighted by Gasteiger charge is 2.19. The first-order valence-electron chi connectivity index (χ1n) is 6.25. The Bertz CT molecular complexity index is 612. The molecule has 0 unspecified atom stereocenters. The van der Waals surface area contributed by atoms with Crippen molar-refractivity contribution in [2.45, 2.75) is 13.0 Å². The van der Waals surface area contributed by atoms with E-state index in [4.69, 9.17) is 9.47 Å². The topological polar surface area (TPSA) is 81.8 Å². The van der Waals surface area contributed by atoms with Crippen LogP contribution in [-0.2, 0) is 13.0 Å². The lowest BCUT2D eigenvalue weighted by Crippen LogP contribution is -2.04. The molecular weight excluding hydrogens is 294 g/mol. The predicted octanol–water partition coefficient (Wildman–Crippen LogP) is 2.78. The van der Waals surface area contributed by atoms with Crippen LogP contribution in [0.15, 0.2) is 29.0 Å². The Balaban J connectivity index is 2.16. The number of benzene rings is 1. The molecule has 0 aliphatic rings. The molecule has 0 spiro atoms. The van der Waals surface area contributed by atoms with Crippen molar-refractivity contribution in [3.63, 3.8) is 0 Å². The van der Waals surface area contributed by atoms with Gasteiger partial charge in [0.25, 0.3) is 5.69 Å². The van der Waals surface area contributed by atoms with Crippen LogP contribution in [0.3, 0.4) is 0 Å². The molecule has 7 heteroatoms. The Hall–Kier alpha value is -2.12. The summed E-state index contributed by atoms with van der Waals surface area (Å²) in [5.41, 5.74) is 1.17. The molecule has 0 bridgehead atoms. The molecule has 21 heavy (non-hydrogen) atoms. The highest BCUT2D eigenvalue weighted by atomic mass is 32.1. The zero-order chi connectivity index (χ0) is 15.2. The summed E-state index contributed by atoms with van der Waals surface area (Å²) in [5.74, 6) is 0.673. The number of nitrogens with zero attached hydrogens (tertiary/aromatic N) is 1. The molecule has 112 valence electrons. The monoisotopic (exact) mass is 309 g/mol. The second kappa shape index (κ2) is 7.05. The Morgan fingerprint density at radius 3 is 2.76 bits per heavy atom. The summed E-state index contributed by atoms with van der Waals surface area (Å²) in [6, 6.07) is 4.72. The first-order chi connectivity index (χ1) is 10.2. The van der Waals surface area contributed by atoms with Crippen LogP contribution in [0.1, 0.15) is 11.1 Å². The second-order valence-electron chi connectivity index (χ2n) is 4.28. The third-order valence-electron chi connectivity index (χ3n) is 2.96. The van der Waals surface area contributed by atoms with Crippen molar-refractivity contribution in [1.29, 1.82) is 0 Å². The minimum Gasteiger partial charge on any atom is -0.493 e. The molecule has 1 heterocycles. The fraction of sp³-hybridized carbons (Fsp3) is 0.286. The first kappa shape index (κ1) is 15.3. The van der Waals surface area contributed by atoms with Gasteiger partial charge >= 0.3 is 0 Å². The predicted molar refractivity (Wildman–Crippen MR) is 79.1 cm³/mol. The van der Waals surface area contributed by atoms with E-state index in [1.54, 1.807) is 11.3 Å². The number of hydrogen-bond donors (Lipinski definition) is 1. The minimum absolute atomic E-state index is 0.177. The fourth-order valence-corrected chi connectivity index (χ4v) is 2.58. The van der Waals surface area contributed by atoms with Gasteiger partial charge in [-0.05, 0) is 28.5 Å². The highest BCUT2D eigenvalue weighted by Crippen LogP contribution is 2.34. The number of rotatable bonds is 7. The average molecular weight is 309 g/mol. The quantitative estimate of drug-likeness (QED) is 0.628. The molecule has 1 N–H and O–H groups in total. The lowest BCUT2D eigenvalue weighted by Gasteiger charge is -2.12. The van der Waals surface area contributed by atoms with Crippen LogP contribution < -0.4 is 9.47 Å². The van der Waals surface area contributed by atoms with Gasteiger partial charge in [-0.3, -0.25) is 10.1 Å². The van der Waals surface area contributed by atoms with Gasteiger partial charge in [-0.2, -0.15) is 11.3 Å². The summed E-state index contributed by atoms with van der Waals surface area (Å²) >= 11 is 1.61. The number of hydrogen-bond acceptors (Lipinski definition) is 6. The number of thiophene rings is 1. The maximum Gasteiger partial charge on any atom is 0.278 e. The van der Waals surface area contributed by atoms with Crippen LogP contribution in [0.25, 0.3) is 0 Å². The number of ether oxygens (including phenoxy) is 2. The summed E-state index contributed by atoms with van der Waals surface area (Å²) in [7, 11) is 1.45. The van der Waals surface area contributed by atoms with E-state index in [0.29, 0.717) is 24.5 Å². The third kappa shape index (κ3) is 3.71. The second-order valence-corrected chi connectivity index (χ2v) is 5.06. The number of aliphatic hydroxyl groups is 1. The van der Waals surface area contributed by atoms with Gasteiger partial charge in [0.05, 0.1) is 36.9 Å². The molecule has 0 fully saturated rings. The van der Waals surface area contributed by atoms with Gasteiger partial charge in [0, 0.05) is 6.42 Å². The van der Waals surface area contributed by atoms with Crippen molar-refractivity contribution in [2.75, 3.05) is 13.7 Å². The Morgan fingerprint density at radius 2 is 2.19 bits per heavy atom.